The molecule has 0 spiro atoms. The zero-order chi connectivity index (χ0) is 26.5. The zero-order valence-electron chi connectivity index (χ0n) is 21.3. The van der Waals surface area contributed by atoms with Crippen LogP contribution in [0.1, 0.15) is 0 Å². The molecule has 8 aromatic rings. The molecule has 188 valence electrons. The number of pyridine rings is 1. The van der Waals surface area contributed by atoms with Crippen LogP contribution in [0.25, 0.3) is 67.1 Å². The molecule has 0 aliphatic heterocycles. The third kappa shape index (κ3) is 3.41. The maximum atomic E-state index is 5.32. The Bertz CT molecular complexity index is 2130. The number of aromatic nitrogens is 7. The summed E-state index contributed by atoms with van der Waals surface area (Å²) >= 11 is 0. The predicted molar refractivity (Wildman–Crippen MR) is 157 cm³/mol. The van der Waals surface area contributed by atoms with Gasteiger partial charge in [0.1, 0.15) is 24.3 Å². The first-order valence-corrected chi connectivity index (χ1v) is 13.0. The fourth-order valence-electron chi connectivity index (χ4n) is 5.52. The van der Waals surface area contributed by atoms with Crippen LogP contribution in [0.2, 0.25) is 0 Å². The standard InChI is InChI=1S/C33H21N7/c1-2-8-24(9-3-1)39-26-11-5-4-10-25(26)30-27(39)17-18-28-31(30)38-33(40(28)29-12-6-7-19-35-29)23-15-13-22(14-16-23)32-36-20-34-21-37-32/h1-21H. The van der Waals surface area contributed by atoms with Crippen molar-refractivity contribution < 1.29 is 0 Å². The van der Waals surface area contributed by atoms with Gasteiger partial charge >= 0.3 is 0 Å². The van der Waals surface area contributed by atoms with Crippen molar-refractivity contribution in [2.45, 2.75) is 0 Å². The lowest BCUT2D eigenvalue weighted by atomic mass is 10.1. The number of imidazole rings is 1. The number of fused-ring (bicyclic) bond motifs is 5. The highest BCUT2D eigenvalue weighted by molar-refractivity contribution is 6.20. The second-order valence-electron chi connectivity index (χ2n) is 9.51. The summed E-state index contributed by atoms with van der Waals surface area (Å²) in [5.74, 6) is 2.27. The Morgan fingerprint density at radius 3 is 2.05 bits per heavy atom. The quantitative estimate of drug-likeness (QED) is 0.251. The number of para-hydroxylation sites is 2. The predicted octanol–water partition coefficient (Wildman–Crippen LogP) is 7.04. The van der Waals surface area contributed by atoms with Crippen molar-refractivity contribution in [1.29, 1.82) is 0 Å². The highest BCUT2D eigenvalue weighted by Gasteiger charge is 2.21. The number of nitrogens with zero attached hydrogens (tertiary/aromatic N) is 7. The highest BCUT2D eigenvalue weighted by atomic mass is 15.1. The van der Waals surface area contributed by atoms with E-state index in [4.69, 9.17) is 9.97 Å². The summed E-state index contributed by atoms with van der Waals surface area (Å²) in [7, 11) is 0. The Hall–Kier alpha value is -5.69. The van der Waals surface area contributed by atoms with E-state index in [0.29, 0.717) is 5.82 Å². The summed E-state index contributed by atoms with van der Waals surface area (Å²) in [5, 5.41) is 2.28. The van der Waals surface area contributed by atoms with Crippen LogP contribution in [0.3, 0.4) is 0 Å². The molecule has 0 unspecified atom stereocenters. The molecule has 4 heterocycles. The van der Waals surface area contributed by atoms with E-state index in [2.05, 4.69) is 96.9 Å². The van der Waals surface area contributed by atoms with Crippen molar-refractivity contribution in [2.24, 2.45) is 0 Å². The Kier molecular flexibility index (Phi) is 4.99. The minimum Gasteiger partial charge on any atom is -0.309 e. The Labute approximate surface area is 229 Å². The van der Waals surface area contributed by atoms with Gasteiger partial charge in [0, 0.05) is 33.8 Å². The first kappa shape index (κ1) is 22.3. The first-order chi connectivity index (χ1) is 19.9. The van der Waals surface area contributed by atoms with E-state index in [1.165, 1.54) is 12.7 Å². The molecule has 7 nitrogen and oxygen atoms in total. The van der Waals surface area contributed by atoms with Crippen LogP contribution in [0, 0.1) is 0 Å². The third-order valence-corrected chi connectivity index (χ3v) is 7.25. The normalized spacial score (nSPS) is 11.5. The molecule has 0 atom stereocenters. The van der Waals surface area contributed by atoms with Gasteiger partial charge in [-0.2, -0.15) is 0 Å². The van der Waals surface area contributed by atoms with Crippen molar-refractivity contribution in [3.8, 4) is 34.3 Å². The van der Waals surface area contributed by atoms with Gasteiger partial charge in [-0.25, -0.2) is 24.9 Å². The van der Waals surface area contributed by atoms with Gasteiger partial charge in [0.2, 0.25) is 0 Å². The molecule has 0 aliphatic carbocycles. The van der Waals surface area contributed by atoms with Crippen LogP contribution in [0.5, 0.6) is 0 Å². The molecule has 0 saturated carbocycles. The molecule has 40 heavy (non-hydrogen) atoms. The fraction of sp³-hybridized carbons (Fsp3) is 0. The lowest BCUT2D eigenvalue weighted by Gasteiger charge is -2.09. The van der Waals surface area contributed by atoms with Crippen LogP contribution in [0.15, 0.2) is 128 Å². The lowest BCUT2D eigenvalue weighted by Crippen LogP contribution is -2.00. The summed E-state index contributed by atoms with van der Waals surface area (Å²) in [6.45, 7) is 0. The molecular formula is C33H21N7. The molecule has 0 saturated heterocycles. The smallest absolute Gasteiger partial charge is 0.162 e. The lowest BCUT2D eigenvalue weighted by molar-refractivity contribution is 1.03. The van der Waals surface area contributed by atoms with Gasteiger partial charge in [0.25, 0.3) is 0 Å². The molecule has 7 heteroatoms. The Morgan fingerprint density at radius 1 is 0.525 bits per heavy atom. The van der Waals surface area contributed by atoms with Gasteiger partial charge in [0.05, 0.1) is 22.1 Å². The number of benzene rings is 4. The van der Waals surface area contributed by atoms with Crippen molar-refractivity contribution in [3.05, 3.63) is 128 Å². The largest absolute Gasteiger partial charge is 0.309 e. The molecule has 0 N–H and O–H groups in total. The molecule has 0 aliphatic rings. The summed E-state index contributed by atoms with van der Waals surface area (Å²) in [6, 6.07) is 37.4. The van der Waals surface area contributed by atoms with E-state index in [9.17, 15) is 0 Å². The van der Waals surface area contributed by atoms with Gasteiger partial charge in [-0.05, 0) is 42.5 Å². The van der Waals surface area contributed by atoms with Gasteiger partial charge in [-0.1, -0.05) is 66.7 Å². The second kappa shape index (κ2) is 8.96. The van der Waals surface area contributed by atoms with Crippen LogP contribution in [0.4, 0.5) is 0 Å². The van der Waals surface area contributed by atoms with E-state index in [1.54, 1.807) is 0 Å². The van der Waals surface area contributed by atoms with Gasteiger partial charge in [-0.15, -0.1) is 0 Å². The van der Waals surface area contributed by atoms with Gasteiger partial charge in [-0.3, -0.25) is 4.57 Å². The highest BCUT2D eigenvalue weighted by Crippen LogP contribution is 2.39. The maximum absolute atomic E-state index is 5.32. The summed E-state index contributed by atoms with van der Waals surface area (Å²) in [6.07, 6.45) is 4.83. The minimum atomic E-state index is 0.634. The Morgan fingerprint density at radius 2 is 1.25 bits per heavy atom. The second-order valence-corrected chi connectivity index (χ2v) is 9.51. The molecule has 4 aromatic carbocycles. The van der Waals surface area contributed by atoms with Gasteiger partial charge in [0.15, 0.2) is 5.82 Å². The van der Waals surface area contributed by atoms with Crippen LogP contribution >= 0.6 is 0 Å². The van der Waals surface area contributed by atoms with E-state index in [1.807, 2.05) is 42.6 Å². The van der Waals surface area contributed by atoms with Crippen LogP contribution < -0.4 is 0 Å². The summed E-state index contributed by atoms with van der Waals surface area (Å²) in [5.41, 5.74) is 7.20. The average molecular weight is 516 g/mol. The average Bonchev–Trinajstić information content (AvgIpc) is 3.59. The molecule has 0 amide bonds. The minimum absolute atomic E-state index is 0.634. The van der Waals surface area contributed by atoms with Crippen molar-refractivity contribution in [2.75, 3.05) is 0 Å². The zero-order valence-corrected chi connectivity index (χ0v) is 21.3. The molecule has 8 rings (SSSR count). The molecule has 0 bridgehead atoms. The third-order valence-electron chi connectivity index (χ3n) is 7.25. The Balaban J connectivity index is 1.43. The summed E-state index contributed by atoms with van der Waals surface area (Å²) < 4.78 is 4.45. The van der Waals surface area contributed by atoms with Gasteiger partial charge < -0.3 is 4.57 Å². The maximum Gasteiger partial charge on any atom is 0.162 e. The van der Waals surface area contributed by atoms with Crippen molar-refractivity contribution in [1.82, 2.24) is 34.1 Å². The summed E-state index contributed by atoms with van der Waals surface area (Å²) in [4.78, 5) is 22.5. The molecule has 0 radical (unpaired) electrons. The number of rotatable bonds is 4. The monoisotopic (exact) mass is 515 g/mol. The fourth-order valence-corrected chi connectivity index (χ4v) is 5.52. The topological polar surface area (TPSA) is 74.3 Å². The van der Waals surface area contributed by atoms with Crippen LogP contribution in [-0.2, 0) is 0 Å². The molecule has 0 fully saturated rings. The first-order valence-electron chi connectivity index (χ1n) is 13.0. The molecule has 4 aromatic heterocycles. The van der Waals surface area contributed by atoms with Crippen molar-refractivity contribution >= 4 is 32.8 Å². The van der Waals surface area contributed by atoms with E-state index < -0.39 is 0 Å². The van der Waals surface area contributed by atoms with E-state index in [-0.39, 0.29) is 0 Å². The SMILES string of the molecule is c1ccc(-n2c3ccccc3c3c4nc(-c5ccc(-c6ncncn6)cc5)n(-c5ccccn5)c4ccc32)cc1. The van der Waals surface area contributed by atoms with Crippen LogP contribution in [-0.4, -0.2) is 34.1 Å². The molecular weight excluding hydrogens is 494 g/mol. The van der Waals surface area contributed by atoms with Crippen molar-refractivity contribution in [3.63, 3.8) is 0 Å². The number of hydrogen-bond donors (Lipinski definition) is 0. The number of hydrogen-bond acceptors (Lipinski definition) is 5. The van der Waals surface area contributed by atoms with E-state index >= 15 is 0 Å². The van der Waals surface area contributed by atoms with E-state index in [0.717, 1.165) is 61.3 Å².